The largest absolute Gasteiger partial charge is 0.382 e. The van der Waals surface area contributed by atoms with E-state index in [1.165, 1.54) is 0 Å². The summed E-state index contributed by atoms with van der Waals surface area (Å²) in [6, 6.07) is 4.47. The van der Waals surface area contributed by atoms with Crippen LogP contribution in [-0.2, 0) is 6.54 Å². The molecule has 0 aliphatic heterocycles. The zero-order valence-electron chi connectivity index (χ0n) is 10.6. The minimum absolute atomic E-state index is 0.478. The van der Waals surface area contributed by atoms with Gasteiger partial charge in [-0.25, -0.2) is 0 Å². The first-order chi connectivity index (χ1) is 8.13. The van der Waals surface area contributed by atoms with Gasteiger partial charge in [0.1, 0.15) is 5.82 Å². The molecule has 5 nitrogen and oxygen atoms in total. The first-order valence-corrected chi connectivity index (χ1v) is 6.03. The van der Waals surface area contributed by atoms with E-state index in [2.05, 4.69) is 29.9 Å². The van der Waals surface area contributed by atoms with Crippen LogP contribution >= 0.6 is 0 Å². The van der Waals surface area contributed by atoms with Crippen LogP contribution in [0.25, 0.3) is 0 Å². The van der Waals surface area contributed by atoms with Crippen LogP contribution in [0, 0.1) is 11.3 Å². The maximum absolute atomic E-state index is 8.60. The van der Waals surface area contributed by atoms with Crippen LogP contribution in [0.5, 0.6) is 0 Å². The summed E-state index contributed by atoms with van der Waals surface area (Å²) in [7, 11) is 0. The van der Waals surface area contributed by atoms with Gasteiger partial charge in [0.25, 0.3) is 0 Å². The van der Waals surface area contributed by atoms with Crippen LogP contribution in [0.1, 0.15) is 26.7 Å². The number of hydrogen-bond donors (Lipinski definition) is 1. The third-order valence-electron chi connectivity index (χ3n) is 2.73. The summed E-state index contributed by atoms with van der Waals surface area (Å²) in [5.74, 6) is 0.565. The van der Waals surface area contributed by atoms with Gasteiger partial charge in [-0.3, -0.25) is 9.58 Å². The lowest BCUT2D eigenvalue weighted by atomic mass is 10.2. The van der Waals surface area contributed by atoms with E-state index in [1.807, 2.05) is 10.9 Å². The van der Waals surface area contributed by atoms with Crippen molar-refractivity contribution < 1.29 is 0 Å². The van der Waals surface area contributed by atoms with Gasteiger partial charge < -0.3 is 5.73 Å². The van der Waals surface area contributed by atoms with Crippen molar-refractivity contribution in [1.29, 1.82) is 5.26 Å². The highest BCUT2D eigenvalue weighted by molar-refractivity contribution is 5.23. The fraction of sp³-hybridized carbons (Fsp3) is 0.667. The topological polar surface area (TPSA) is 70.9 Å². The summed E-state index contributed by atoms with van der Waals surface area (Å²) in [4.78, 5) is 2.32. The number of aromatic nitrogens is 2. The summed E-state index contributed by atoms with van der Waals surface area (Å²) in [6.07, 6.45) is 3.50. The van der Waals surface area contributed by atoms with Crippen LogP contribution in [0.4, 0.5) is 5.82 Å². The van der Waals surface area contributed by atoms with E-state index in [-0.39, 0.29) is 0 Å². The monoisotopic (exact) mass is 235 g/mol. The number of nitrogens with two attached hydrogens (primary N) is 1. The second-order valence-electron chi connectivity index (χ2n) is 4.40. The molecule has 0 aliphatic rings. The van der Waals surface area contributed by atoms with Crippen LogP contribution in [0.3, 0.4) is 0 Å². The van der Waals surface area contributed by atoms with Crippen molar-refractivity contribution in [2.45, 2.75) is 39.3 Å². The van der Waals surface area contributed by atoms with Crippen molar-refractivity contribution in [2.75, 3.05) is 18.8 Å². The molecule has 0 aromatic carbocycles. The number of rotatable bonds is 7. The highest BCUT2D eigenvalue weighted by atomic mass is 15.3. The molecule has 0 atom stereocenters. The molecular formula is C12H21N5. The summed E-state index contributed by atoms with van der Waals surface area (Å²) in [6.45, 7) is 7.01. The van der Waals surface area contributed by atoms with E-state index >= 15 is 0 Å². The summed E-state index contributed by atoms with van der Waals surface area (Å²) < 4.78 is 1.86. The lowest BCUT2D eigenvalue weighted by Crippen LogP contribution is -2.33. The normalized spacial score (nSPS) is 11.0. The zero-order chi connectivity index (χ0) is 12.7. The van der Waals surface area contributed by atoms with Crippen molar-refractivity contribution >= 4 is 5.82 Å². The second kappa shape index (κ2) is 6.92. The average molecular weight is 235 g/mol. The molecule has 0 unspecified atom stereocenters. The Hall–Kier alpha value is -1.54. The van der Waals surface area contributed by atoms with E-state index in [0.717, 1.165) is 26.1 Å². The van der Waals surface area contributed by atoms with Gasteiger partial charge in [0, 0.05) is 38.3 Å². The van der Waals surface area contributed by atoms with Crippen molar-refractivity contribution in [3.05, 3.63) is 12.3 Å². The molecule has 1 rings (SSSR count). The Labute approximate surface area is 103 Å². The standard InChI is InChI=1S/C12H21N5/c1-11(2)16(7-3-6-13)8-4-9-17-10-5-12(14)15-17/h5,10-11H,3-4,7-9H2,1-2H3,(H2,14,15). The van der Waals surface area contributed by atoms with Crippen molar-refractivity contribution in [3.63, 3.8) is 0 Å². The zero-order valence-corrected chi connectivity index (χ0v) is 10.6. The smallest absolute Gasteiger partial charge is 0.145 e. The Morgan fingerprint density at radius 2 is 2.29 bits per heavy atom. The van der Waals surface area contributed by atoms with Crippen molar-refractivity contribution in [1.82, 2.24) is 14.7 Å². The lowest BCUT2D eigenvalue weighted by Gasteiger charge is -2.25. The average Bonchev–Trinajstić information content (AvgIpc) is 2.68. The third kappa shape index (κ3) is 4.87. The fourth-order valence-electron chi connectivity index (χ4n) is 1.76. The van der Waals surface area contributed by atoms with Crippen LogP contribution in [-0.4, -0.2) is 33.8 Å². The number of nitrogens with zero attached hydrogens (tertiary/aromatic N) is 4. The van der Waals surface area contributed by atoms with E-state index in [0.29, 0.717) is 18.3 Å². The van der Waals surface area contributed by atoms with E-state index in [1.54, 1.807) is 6.07 Å². The molecule has 5 heteroatoms. The minimum Gasteiger partial charge on any atom is -0.382 e. The Morgan fingerprint density at radius 1 is 1.53 bits per heavy atom. The highest BCUT2D eigenvalue weighted by Crippen LogP contribution is 2.03. The van der Waals surface area contributed by atoms with Gasteiger partial charge in [0.05, 0.1) is 6.07 Å². The van der Waals surface area contributed by atoms with Crippen molar-refractivity contribution in [3.8, 4) is 6.07 Å². The maximum Gasteiger partial charge on any atom is 0.145 e. The number of hydrogen-bond acceptors (Lipinski definition) is 4. The first kappa shape index (κ1) is 13.5. The third-order valence-corrected chi connectivity index (χ3v) is 2.73. The molecule has 94 valence electrons. The number of nitrogen functional groups attached to an aromatic ring is 1. The van der Waals surface area contributed by atoms with Gasteiger partial charge in [-0.05, 0) is 26.3 Å². The molecule has 2 N–H and O–H groups in total. The molecule has 0 radical (unpaired) electrons. The van der Waals surface area contributed by atoms with Gasteiger partial charge in [-0.1, -0.05) is 0 Å². The minimum atomic E-state index is 0.478. The molecular weight excluding hydrogens is 214 g/mol. The van der Waals surface area contributed by atoms with Gasteiger partial charge in [-0.2, -0.15) is 10.4 Å². The second-order valence-corrected chi connectivity index (χ2v) is 4.40. The van der Waals surface area contributed by atoms with Gasteiger partial charge >= 0.3 is 0 Å². The summed E-state index contributed by atoms with van der Waals surface area (Å²) >= 11 is 0. The van der Waals surface area contributed by atoms with Crippen LogP contribution in [0.15, 0.2) is 12.3 Å². The molecule has 0 bridgehead atoms. The van der Waals surface area contributed by atoms with E-state index in [4.69, 9.17) is 11.0 Å². The van der Waals surface area contributed by atoms with Crippen LogP contribution in [0.2, 0.25) is 0 Å². The molecule has 0 amide bonds. The number of anilines is 1. The molecule has 0 aliphatic carbocycles. The first-order valence-electron chi connectivity index (χ1n) is 6.03. The van der Waals surface area contributed by atoms with E-state index < -0.39 is 0 Å². The molecule has 1 heterocycles. The molecule has 17 heavy (non-hydrogen) atoms. The Kier molecular flexibility index (Phi) is 5.50. The Balaban J connectivity index is 2.29. The molecule has 0 fully saturated rings. The molecule has 0 spiro atoms. The van der Waals surface area contributed by atoms with Crippen LogP contribution < -0.4 is 5.73 Å². The SMILES string of the molecule is CC(C)N(CCC#N)CCCn1ccc(N)n1. The molecule has 1 aromatic rings. The summed E-state index contributed by atoms with van der Waals surface area (Å²) in [5.41, 5.74) is 5.55. The van der Waals surface area contributed by atoms with Gasteiger partial charge in [0.2, 0.25) is 0 Å². The number of nitriles is 1. The van der Waals surface area contributed by atoms with Gasteiger partial charge in [-0.15, -0.1) is 0 Å². The predicted octanol–water partition coefficient (Wildman–Crippen LogP) is 1.48. The van der Waals surface area contributed by atoms with E-state index in [9.17, 15) is 0 Å². The molecule has 1 aromatic heterocycles. The Morgan fingerprint density at radius 3 is 2.82 bits per heavy atom. The Bertz CT molecular complexity index is 363. The molecule has 0 saturated carbocycles. The quantitative estimate of drug-likeness (QED) is 0.777. The van der Waals surface area contributed by atoms with Gasteiger partial charge in [0.15, 0.2) is 0 Å². The fourth-order valence-corrected chi connectivity index (χ4v) is 1.76. The number of aryl methyl sites for hydroxylation is 1. The summed E-state index contributed by atoms with van der Waals surface area (Å²) in [5, 5.41) is 12.7. The maximum atomic E-state index is 8.60. The molecule has 0 saturated heterocycles. The predicted molar refractivity (Wildman–Crippen MR) is 68.2 cm³/mol. The lowest BCUT2D eigenvalue weighted by molar-refractivity contribution is 0.219. The highest BCUT2D eigenvalue weighted by Gasteiger charge is 2.08. The van der Waals surface area contributed by atoms with Crippen molar-refractivity contribution in [2.24, 2.45) is 0 Å².